The molecule has 0 aliphatic heterocycles. The maximum atomic E-state index is 2.52. The number of rotatable bonds is 2. The van der Waals surface area contributed by atoms with Crippen LogP contribution in [0.3, 0.4) is 0 Å². The van der Waals surface area contributed by atoms with Gasteiger partial charge in [0, 0.05) is 3.57 Å². The lowest BCUT2D eigenvalue weighted by atomic mass is 9.82. The zero-order valence-corrected chi connectivity index (χ0v) is 14.3. The molecule has 0 saturated heterocycles. The summed E-state index contributed by atoms with van der Waals surface area (Å²) in [6.45, 7) is 16.0. The molecule has 17 heavy (non-hydrogen) atoms. The molecule has 1 rings (SSSR count). The fourth-order valence-corrected chi connectivity index (χ4v) is 3.50. The summed E-state index contributed by atoms with van der Waals surface area (Å²) in [6, 6.07) is 4.80. The summed E-state index contributed by atoms with van der Waals surface area (Å²) in [5.74, 6) is 1.20. The molecule has 0 amide bonds. The third kappa shape index (κ3) is 3.46. The normalized spacial score (nSPS) is 12.6. The average molecular weight is 344 g/mol. The van der Waals surface area contributed by atoms with Crippen LogP contribution in [0.5, 0.6) is 0 Å². The summed E-state index contributed by atoms with van der Waals surface area (Å²) in [7, 11) is 0. The van der Waals surface area contributed by atoms with Crippen molar-refractivity contribution >= 4 is 22.6 Å². The third-order valence-corrected chi connectivity index (χ3v) is 4.48. The van der Waals surface area contributed by atoms with Gasteiger partial charge in [0.1, 0.15) is 0 Å². The van der Waals surface area contributed by atoms with Crippen LogP contribution >= 0.6 is 22.6 Å². The first kappa shape index (κ1) is 15.0. The van der Waals surface area contributed by atoms with E-state index in [-0.39, 0.29) is 5.41 Å². The first-order valence-electron chi connectivity index (χ1n) is 6.48. The Bertz CT molecular complexity index is 365. The molecule has 0 fully saturated rings. The Morgan fingerprint density at radius 3 is 1.47 bits per heavy atom. The summed E-state index contributed by atoms with van der Waals surface area (Å²) in [6.07, 6.45) is 0. The molecule has 1 aromatic rings. The van der Waals surface area contributed by atoms with E-state index in [0.29, 0.717) is 11.8 Å². The molecule has 1 aromatic carbocycles. The molecule has 0 N–H and O–H groups in total. The van der Waals surface area contributed by atoms with Crippen molar-refractivity contribution in [3.8, 4) is 0 Å². The molecule has 0 bridgehead atoms. The standard InChI is InChI=1S/C16H25I/c1-10(2)13-8-12(16(5,6)7)9-14(11(3)4)15(13)17/h8-11H,1-7H3. The van der Waals surface area contributed by atoms with Crippen molar-refractivity contribution in [3.63, 3.8) is 0 Å². The van der Waals surface area contributed by atoms with Gasteiger partial charge in [0.15, 0.2) is 0 Å². The lowest BCUT2D eigenvalue weighted by Gasteiger charge is -2.25. The highest BCUT2D eigenvalue weighted by molar-refractivity contribution is 14.1. The molecule has 0 unspecified atom stereocenters. The molecule has 0 aliphatic rings. The van der Waals surface area contributed by atoms with Crippen LogP contribution in [0, 0.1) is 3.57 Å². The topological polar surface area (TPSA) is 0 Å². The lowest BCUT2D eigenvalue weighted by molar-refractivity contribution is 0.586. The zero-order chi connectivity index (χ0) is 13.4. The van der Waals surface area contributed by atoms with Gasteiger partial charge in [-0.15, -0.1) is 0 Å². The Morgan fingerprint density at radius 1 is 0.882 bits per heavy atom. The molecule has 0 saturated carbocycles. The summed E-state index contributed by atoms with van der Waals surface area (Å²) in [4.78, 5) is 0. The van der Waals surface area contributed by atoms with Crippen LogP contribution in [0.4, 0.5) is 0 Å². The highest BCUT2D eigenvalue weighted by Gasteiger charge is 2.20. The van der Waals surface area contributed by atoms with Crippen molar-refractivity contribution in [2.24, 2.45) is 0 Å². The van der Waals surface area contributed by atoms with Crippen molar-refractivity contribution in [1.29, 1.82) is 0 Å². The predicted octanol–water partition coefficient (Wildman–Crippen LogP) is 5.84. The Kier molecular flexibility index (Phi) is 4.67. The van der Waals surface area contributed by atoms with Gasteiger partial charge < -0.3 is 0 Å². The van der Waals surface area contributed by atoms with Gasteiger partial charge in [-0.3, -0.25) is 0 Å². The van der Waals surface area contributed by atoms with Crippen LogP contribution in [-0.4, -0.2) is 0 Å². The van der Waals surface area contributed by atoms with Gasteiger partial charge in [-0.25, -0.2) is 0 Å². The van der Waals surface area contributed by atoms with Crippen LogP contribution < -0.4 is 0 Å². The maximum absolute atomic E-state index is 2.52. The second-order valence-electron chi connectivity index (χ2n) is 6.53. The van der Waals surface area contributed by atoms with Gasteiger partial charge in [0.2, 0.25) is 0 Å². The van der Waals surface area contributed by atoms with E-state index in [0.717, 1.165) is 0 Å². The molecule has 0 radical (unpaired) electrons. The maximum Gasteiger partial charge on any atom is 0.0199 e. The number of hydrogen-bond acceptors (Lipinski definition) is 0. The van der Waals surface area contributed by atoms with Crippen molar-refractivity contribution in [3.05, 3.63) is 32.4 Å². The highest BCUT2D eigenvalue weighted by atomic mass is 127. The lowest BCUT2D eigenvalue weighted by Crippen LogP contribution is -2.14. The van der Waals surface area contributed by atoms with Gasteiger partial charge >= 0.3 is 0 Å². The van der Waals surface area contributed by atoms with Crippen molar-refractivity contribution in [2.75, 3.05) is 0 Å². The smallest absolute Gasteiger partial charge is 0.0199 e. The van der Waals surface area contributed by atoms with E-state index in [1.807, 2.05) is 0 Å². The zero-order valence-electron chi connectivity index (χ0n) is 12.2. The summed E-state index contributed by atoms with van der Waals surface area (Å²) >= 11 is 2.52. The summed E-state index contributed by atoms with van der Waals surface area (Å²) < 4.78 is 1.46. The fourth-order valence-electron chi connectivity index (χ4n) is 1.94. The third-order valence-electron chi connectivity index (χ3n) is 3.24. The van der Waals surface area contributed by atoms with Gasteiger partial charge in [-0.1, -0.05) is 60.6 Å². The Labute approximate surface area is 120 Å². The number of hydrogen-bond donors (Lipinski definition) is 0. The van der Waals surface area contributed by atoms with Crippen LogP contribution in [-0.2, 0) is 5.41 Å². The molecule has 0 heterocycles. The minimum Gasteiger partial charge on any atom is -0.0586 e. The fraction of sp³-hybridized carbons (Fsp3) is 0.625. The van der Waals surface area contributed by atoms with Crippen molar-refractivity contribution in [1.82, 2.24) is 0 Å². The second-order valence-corrected chi connectivity index (χ2v) is 7.61. The van der Waals surface area contributed by atoms with E-state index in [9.17, 15) is 0 Å². The molecular weight excluding hydrogens is 319 g/mol. The van der Waals surface area contributed by atoms with E-state index in [2.05, 4.69) is 83.2 Å². The Balaban J connectivity index is 3.48. The van der Waals surface area contributed by atoms with Crippen LogP contribution in [0.25, 0.3) is 0 Å². The summed E-state index contributed by atoms with van der Waals surface area (Å²) in [5, 5.41) is 0. The van der Waals surface area contributed by atoms with Crippen molar-refractivity contribution in [2.45, 2.75) is 65.7 Å². The molecule has 0 nitrogen and oxygen atoms in total. The average Bonchev–Trinajstić information content (AvgIpc) is 2.14. The molecule has 1 heteroatoms. The Hall–Kier alpha value is -0.0500. The molecule has 0 aliphatic carbocycles. The molecule has 96 valence electrons. The van der Waals surface area contributed by atoms with E-state index in [1.54, 1.807) is 0 Å². The number of benzene rings is 1. The van der Waals surface area contributed by atoms with E-state index in [4.69, 9.17) is 0 Å². The predicted molar refractivity (Wildman–Crippen MR) is 86.0 cm³/mol. The monoisotopic (exact) mass is 344 g/mol. The highest BCUT2D eigenvalue weighted by Crippen LogP contribution is 2.34. The van der Waals surface area contributed by atoms with Crippen LogP contribution in [0.1, 0.15) is 77.0 Å². The first-order valence-corrected chi connectivity index (χ1v) is 7.56. The largest absolute Gasteiger partial charge is 0.0586 e. The van der Waals surface area contributed by atoms with Crippen LogP contribution in [0.2, 0.25) is 0 Å². The van der Waals surface area contributed by atoms with Gasteiger partial charge in [-0.05, 0) is 56.5 Å². The second kappa shape index (κ2) is 5.29. The number of halogens is 1. The molecule has 0 atom stereocenters. The molecule has 0 spiro atoms. The van der Waals surface area contributed by atoms with Crippen molar-refractivity contribution < 1.29 is 0 Å². The van der Waals surface area contributed by atoms with E-state index in [1.165, 1.54) is 20.3 Å². The first-order chi connectivity index (χ1) is 7.64. The SMILES string of the molecule is CC(C)c1cc(C(C)(C)C)cc(C(C)C)c1I. The quantitative estimate of drug-likeness (QED) is 0.592. The van der Waals surface area contributed by atoms with Gasteiger partial charge in [-0.2, -0.15) is 0 Å². The van der Waals surface area contributed by atoms with Gasteiger partial charge in [0.25, 0.3) is 0 Å². The van der Waals surface area contributed by atoms with Gasteiger partial charge in [0.05, 0.1) is 0 Å². The minimum absolute atomic E-state index is 0.234. The Morgan fingerprint density at radius 2 is 1.24 bits per heavy atom. The minimum atomic E-state index is 0.234. The van der Waals surface area contributed by atoms with E-state index >= 15 is 0 Å². The molecule has 0 aromatic heterocycles. The van der Waals surface area contributed by atoms with E-state index < -0.39 is 0 Å². The van der Waals surface area contributed by atoms with Crippen LogP contribution in [0.15, 0.2) is 12.1 Å². The summed E-state index contributed by atoms with van der Waals surface area (Å²) in [5.41, 5.74) is 4.70. The molecular formula is C16H25I.